The minimum Gasteiger partial charge on any atom is -0.472 e. The number of rotatable bonds is 2. The molecule has 1 fully saturated rings. The summed E-state index contributed by atoms with van der Waals surface area (Å²) in [4.78, 5) is 8.38. The Morgan fingerprint density at radius 2 is 2.31 bits per heavy atom. The maximum absolute atomic E-state index is 5.98. The molecule has 0 aliphatic heterocycles. The summed E-state index contributed by atoms with van der Waals surface area (Å²) in [5, 5.41) is 2.00. The van der Waals surface area contributed by atoms with Gasteiger partial charge in [-0.3, -0.25) is 0 Å². The molecule has 1 aliphatic rings. The summed E-state index contributed by atoms with van der Waals surface area (Å²) in [7, 11) is 0. The fourth-order valence-corrected chi connectivity index (χ4v) is 2.87. The van der Waals surface area contributed by atoms with Gasteiger partial charge in [-0.05, 0) is 30.7 Å². The second-order valence-corrected chi connectivity index (χ2v) is 4.98. The number of fused-ring (bicyclic) bond motifs is 1. The fraction of sp³-hybridized carbons (Fsp3) is 0.455. The van der Waals surface area contributed by atoms with Crippen molar-refractivity contribution >= 4 is 21.6 Å². The third-order valence-electron chi connectivity index (χ3n) is 2.98. The van der Waals surface area contributed by atoms with Gasteiger partial charge in [0.2, 0.25) is 5.88 Å². The highest BCUT2D eigenvalue weighted by Gasteiger charge is 2.26. The Morgan fingerprint density at radius 3 is 3.12 bits per heavy atom. The fourth-order valence-electron chi connectivity index (χ4n) is 2.09. The molecule has 0 radical (unpaired) electrons. The molecule has 0 saturated heterocycles. The van der Waals surface area contributed by atoms with E-state index in [2.05, 4.69) is 9.97 Å². The maximum Gasteiger partial charge on any atom is 0.235 e. The van der Waals surface area contributed by atoms with E-state index in [-0.39, 0.29) is 12.1 Å². The van der Waals surface area contributed by atoms with Crippen molar-refractivity contribution in [1.82, 2.24) is 9.97 Å². The number of aromatic nitrogens is 2. The molecule has 0 spiro atoms. The van der Waals surface area contributed by atoms with Crippen molar-refractivity contribution in [3.63, 3.8) is 0 Å². The Hall–Kier alpha value is -1.20. The average Bonchev–Trinajstić information content (AvgIpc) is 2.89. The van der Waals surface area contributed by atoms with E-state index in [4.69, 9.17) is 10.5 Å². The zero-order chi connectivity index (χ0) is 11.0. The lowest BCUT2D eigenvalue weighted by Gasteiger charge is -2.16. The Bertz CT molecular complexity index is 499. The largest absolute Gasteiger partial charge is 0.472 e. The first-order valence-electron chi connectivity index (χ1n) is 5.45. The van der Waals surface area contributed by atoms with Crippen LogP contribution in [0.15, 0.2) is 17.8 Å². The van der Waals surface area contributed by atoms with E-state index in [1.165, 1.54) is 0 Å². The molecular formula is C11H13N3OS. The molecule has 2 N–H and O–H groups in total. The van der Waals surface area contributed by atoms with Crippen molar-refractivity contribution in [2.75, 3.05) is 0 Å². The molecule has 3 rings (SSSR count). The van der Waals surface area contributed by atoms with Crippen LogP contribution in [0.2, 0.25) is 0 Å². The Morgan fingerprint density at radius 1 is 1.38 bits per heavy atom. The van der Waals surface area contributed by atoms with Crippen LogP contribution in [0, 0.1) is 0 Å². The van der Waals surface area contributed by atoms with Crippen LogP contribution < -0.4 is 10.5 Å². The molecule has 16 heavy (non-hydrogen) atoms. The average molecular weight is 235 g/mol. The lowest BCUT2D eigenvalue weighted by molar-refractivity contribution is 0.187. The number of nitrogens with zero attached hydrogens (tertiary/aromatic N) is 2. The van der Waals surface area contributed by atoms with Gasteiger partial charge in [0.1, 0.15) is 17.1 Å². The van der Waals surface area contributed by atoms with Crippen LogP contribution >= 0.6 is 11.3 Å². The summed E-state index contributed by atoms with van der Waals surface area (Å²) in [6.07, 6.45) is 4.87. The van der Waals surface area contributed by atoms with Crippen LogP contribution in [-0.4, -0.2) is 22.1 Å². The van der Waals surface area contributed by atoms with Crippen molar-refractivity contribution in [2.45, 2.75) is 31.4 Å². The third-order valence-corrected chi connectivity index (χ3v) is 3.87. The number of nitrogens with two attached hydrogens (primary N) is 1. The Kier molecular flexibility index (Phi) is 2.49. The van der Waals surface area contributed by atoms with E-state index in [0.717, 1.165) is 29.5 Å². The molecule has 2 aromatic heterocycles. The van der Waals surface area contributed by atoms with Crippen molar-refractivity contribution in [2.24, 2.45) is 5.73 Å². The molecule has 1 saturated carbocycles. The van der Waals surface area contributed by atoms with Gasteiger partial charge in [-0.25, -0.2) is 9.97 Å². The zero-order valence-electron chi connectivity index (χ0n) is 8.80. The van der Waals surface area contributed by atoms with Crippen molar-refractivity contribution < 1.29 is 4.74 Å². The van der Waals surface area contributed by atoms with Crippen LogP contribution in [0.4, 0.5) is 0 Å². The van der Waals surface area contributed by atoms with Gasteiger partial charge >= 0.3 is 0 Å². The molecule has 84 valence electrons. The van der Waals surface area contributed by atoms with Crippen molar-refractivity contribution in [3.8, 4) is 5.88 Å². The van der Waals surface area contributed by atoms with E-state index in [1.807, 2.05) is 11.4 Å². The quantitative estimate of drug-likeness (QED) is 0.864. The third kappa shape index (κ3) is 1.66. The minimum absolute atomic E-state index is 0.111. The predicted molar refractivity (Wildman–Crippen MR) is 63.7 cm³/mol. The molecule has 2 heterocycles. The predicted octanol–water partition coefficient (Wildman–Crippen LogP) is 1.95. The van der Waals surface area contributed by atoms with Gasteiger partial charge in [0.05, 0.1) is 5.52 Å². The molecule has 0 amide bonds. The highest BCUT2D eigenvalue weighted by molar-refractivity contribution is 7.17. The first-order valence-corrected chi connectivity index (χ1v) is 6.33. The summed E-state index contributed by atoms with van der Waals surface area (Å²) in [6, 6.07) is 2.12. The normalized spacial score (nSPS) is 25.1. The van der Waals surface area contributed by atoms with Gasteiger partial charge in [-0.15, -0.1) is 11.3 Å². The number of hydrogen-bond acceptors (Lipinski definition) is 5. The van der Waals surface area contributed by atoms with Gasteiger partial charge in [-0.1, -0.05) is 0 Å². The second kappa shape index (κ2) is 3.99. The standard InChI is InChI=1S/C11H13N3OS/c12-7-2-1-3-9(7)15-11-10-8(4-5-16-10)13-6-14-11/h4-7,9H,1-3,12H2. The molecular weight excluding hydrogens is 222 g/mol. The lowest BCUT2D eigenvalue weighted by Crippen LogP contribution is -2.33. The topological polar surface area (TPSA) is 61.0 Å². The van der Waals surface area contributed by atoms with Crippen molar-refractivity contribution in [1.29, 1.82) is 0 Å². The highest BCUT2D eigenvalue weighted by atomic mass is 32.1. The van der Waals surface area contributed by atoms with E-state index in [1.54, 1.807) is 17.7 Å². The molecule has 4 nitrogen and oxygen atoms in total. The van der Waals surface area contributed by atoms with Gasteiger partial charge in [0.25, 0.3) is 0 Å². The van der Waals surface area contributed by atoms with Gasteiger partial charge in [0.15, 0.2) is 0 Å². The van der Waals surface area contributed by atoms with Crippen LogP contribution in [0.1, 0.15) is 19.3 Å². The van der Waals surface area contributed by atoms with E-state index >= 15 is 0 Å². The number of thiophene rings is 1. The number of hydrogen-bond donors (Lipinski definition) is 1. The van der Waals surface area contributed by atoms with E-state index < -0.39 is 0 Å². The smallest absolute Gasteiger partial charge is 0.235 e. The second-order valence-electron chi connectivity index (χ2n) is 4.06. The van der Waals surface area contributed by atoms with Crippen LogP contribution in [0.25, 0.3) is 10.2 Å². The van der Waals surface area contributed by atoms with E-state index in [9.17, 15) is 0 Å². The molecule has 1 aliphatic carbocycles. The molecule has 0 bridgehead atoms. The van der Waals surface area contributed by atoms with Crippen LogP contribution in [0.5, 0.6) is 5.88 Å². The maximum atomic E-state index is 5.98. The summed E-state index contributed by atoms with van der Waals surface area (Å²) in [5.41, 5.74) is 6.93. The van der Waals surface area contributed by atoms with Gasteiger partial charge in [0, 0.05) is 6.04 Å². The lowest BCUT2D eigenvalue weighted by atomic mass is 10.2. The molecule has 5 heteroatoms. The van der Waals surface area contributed by atoms with Crippen molar-refractivity contribution in [3.05, 3.63) is 17.8 Å². The van der Waals surface area contributed by atoms with Crippen LogP contribution in [0.3, 0.4) is 0 Å². The SMILES string of the molecule is NC1CCCC1Oc1ncnc2ccsc12. The minimum atomic E-state index is 0.111. The monoisotopic (exact) mass is 235 g/mol. The molecule has 0 aromatic carbocycles. The number of ether oxygens (including phenoxy) is 1. The van der Waals surface area contributed by atoms with Crippen LogP contribution in [-0.2, 0) is 0 Å². The van der Waals surface area contributed by atoms with E-state index in [0.29, 0.717) is 5.88 Å². The summed E-state index contributed by atoms with van der Waals surface area (Å²) in [5.74, 6) is 0.683. The first kappa shape index (κ1) is 9.99. The summed E-state index contributed by atoms with van der Waals surface area (Å²) >= 11 is 1.61. The Labute approximate surface area is 97.5 Å². The van der Waals surface area contributed by atoms with Gasteiger partial charge in [-0.2, -0.15) is 0 Å². The summed E-state index contributed by atoms with van der Waals surface area (Å²) in [6.45, 7) is 0. The first-order chi connectivity index (χ1) is 7.84. The zero-order valence-corrected chi connectivity index (χ0v) is 9.61. The van der Waals surface area contributed by atoms with Gasteiger partial charge < -0.3 is 10.5 Å². The molecule has 2 unspecified atom stereocenters. The molecule has 2 atom stereocenters. The highest BCUT2D eigenvalue weighted by Crippen LogP contribution is 2.30. The Balaban J connectivity index is 1.91. The molecule has 2 aromatic rings. The summed E-state index contributed by atoms with van der Waals surface area (Å²) < 4.78 is 6.91.